The van der Waals surface area contributed by atoms with E-state index in [0.717, 1.165) is 32.8 Å². The predicted octanol–water partition coefficient (Wildman–Crippen LogP) is 5.86. The number of aromatic amines is 1. The maximum atomic E-state index is 13.0. The summed E-state index contributed by atoms with van der Waals surface area (Å²) in [4.78, 5) is 27.3. The molecule has 0 saturated carbocycles. The van der Waals surface area contributed by atoms with E-state index in [1.807, 2.05) is 72.9 Å². The van der Waals surface area contributed by atoms with Crippen molar-refractivity contribution < 1.29 is 19.4 Å². The molecule has 192 valence electrons. The monoisotopic (exact) mass is 515 g/mol. The van der Waals surface area contributed by atoms with Crippen LogP contribution in [0.5, 0.6) is 5.75 Å². The van der Waals surface area contributed by atoms with E-state index in [2.05, 4.69) is 10.3 Å². The molecule has 3 N–H and O–H groups in total. The summed E-state index contributed by atoms with van der Waals surface area (Å²) in [5, 5.41) is 24.7. The summed E-state index contributed by atoms with van der Waals surface area (Å²) < 4.78 is 6.09. The van der Waals surface area contributed by atoms with Crippen molar-refractivity contribution >= 4 is 39.6 Å². The molecule has 0 spiro atoms. The van der Waals surface area contributed by atoms with Gasteiger partial charge < -0.3 is 20.1 Å². The Balaban J connectivity index is 1.36. The first kappa shape index (κ1) is 25.3. The van der Waals surface area contributed by atoms with Crippen LogP contribution in [0.15, 0.2) is 96.7 Å². The van der Waals surface area contributed by atoms with E-state index < -0.39 is 11.9 Å². The normalized spacial score (nSPS) is 11.3. The van der Waals surface area contributed by atoms with Gasteiger partial charge in [0.25, 0.3) is 5.91 Å². The quantitative estimate of drug-likeness (QED) is 0.168. The van der Waals surface area contributed by atoms with Gasteiger partial charge in [-0.2, -0.15) is 5.26 Å². The van der Waals surface area contributed by atoms with Gasteiger partial charge in [0.15, 0.2) is 0 Å². The summed E-state index contributed by atoms with van der Waals surface area (Å²) in [6.45, 7) is 0.572. The molecule has 39 heavy (non-hydrogen) atoms. The molecule has 0 aliphatic heterocycles. The van der Waals surface area contributed by atoms with Crippen molar-refractivity contribution in [2.45, 2.75) is 13.0 Å². The summed E-state index contributed by atoms with van der Waals surface area (Å²) in [6, 6.07) is 27.9. The number of aromatic carboxylic acids is 1. The molecule has 0 aliphatic carbocycles. The maximum absolute atomic E-state index is 13.0. The van der Waals surface area contributed by atoms with E-state index in [-0.39, 0.29) is 17.7 Å². The number of amides is 1. The number of H-pyrrole nitrogens is 1. The van der Waals surface area contributed by atoms with E-state index in [4.69, 9.17) is 9.84 Å². The van der Waals surface area contributed by atoms with Crippen molar-refractivity contribution in [3.8, 4) is 11.8 Å². The highest BCUT2D eigenvalue weighted by Crippen LogP contribution is 2.31. The van der Waals surface area contributed by atoms with Crippen molar-refractivity contribution in [3.63, 3.8) is 0 Å². The number of fused-ring (bicyclic) bond motifs is 2. The second kappa shape index (κ2) is 11.4. The fourth-order valence-electron chi connectivity index (χ4n) is 4.49. The number of ether oxygens (including phenoxy) is 1. The molecule has 7 nitrogen and oxygen atoms in total. The lowest BCUT2D eigenvalue weighted by Crippen LogP contribution is -2.26. The van der Waals surface area contributed by atoms with Crippen LogP contribution in [-0.2, 0) is 17.8 Å². The lowest BCUT2D eigenvalue weighted by Gasteiger charge is -2.13. The topological polar surface area (TPSA) is 115 Å². The molecular weight excluding hydrogens is 490 g/mol. The number of rotatable bonds is 9. The van der Waals surface area contributed by atoms with Gasteiger partial charge in [-0.05, 0) is 58.7 Å². The van der Waals surface area contributed by atoms with E-state index in [0.29, 0.717) is 24.3 Å². The molecule has 4 aromatic carbocycles. The number of benzene rings is 4. The van der Waals surface area contributed by atoms with Gasteiger partial charge in [-0.1, -0.05) is 60.7 Å². The number of carbonyl (C=O) groups is 2. The number of carbonyl (C=O) groups excluding carboxylic acids is 1. The summed E-state index contributed by atoms with van der Waals surface area (Å²) in [5.74, 6) is -0.941. The molecule has 0 radical (unpaired) electrons. The third-order valence-electron chi connectivity index (χ3n) is 6.53. The fraction of sp³-hybridized carbons (Fsp3) is 0.0938. The maximum Gasteiger partial charge on any atom is 0.335 e. The number of nitrogens with zero attached hydrogens (tertiary/aromatic N) is 1. The van der Waals surface area contributed by atoms with Crippen LogP contribution in [0.4, 0.5) is 0 Å². The number of hydrogen-bond donors (Lipinski definition) is 3. The van der Waals surface area contributed by atoms with Gasteiger partial charge in [-0.15, -0.1) is 0 Å². The smallest absolute Gasteiger partial charge is 0.335 e. The molecule has 0 unspecified atom stereocenters. The minimum Gasteiger partial charge on any atom is -0.488 e. The largest absolute Gasteiger partial charge is 0.488 e. The molecule has 0 atom stereocenters. The summed E-state index contributed by atoms with van der Waals surface area (Å²) in [5.41, 5.74) is 3.72. The van der Waals surface area contributed by atoms with Crippen LogP contribution in [-0.4, -0.2) is 28.5 Å². The number of carboxylic acids is 1. The molecule has 0 saturated heterocycles. The molecule has 0 bridgehead atoms. The molecule has 0 aliphatic rings. The Morgan fingerprint density at radius 1 is 0.949 bits per heavy atom. The standard InChI is InChI=1S/C32H25N3O4/c33-18-25(31(36)34-16-15-24-19-35-29-8-4-3-7-27(24)29)17-28-26-6-2-1-5-22(26)13-14-30(28)39-20-21-9-11-23(12-10-21)32(37)38/h1-14,17,19,35H,15-16,20H2,(H,34,36)(H,37,38)/b25-17+. The van der Waals surface area contributed by atoms with Gasteiger partial charge in [0.1, 0.15) is 24.0 Å². The molecule has 7 heteroatoms. The predicted molar refractivity (Wildman–Crippen MR) is 150 cm³/mol. The third-order valence-corrected chi connectivity index (χ3v) is 6.53. The number of hydrogen-bond acceptors (Lipinski definition) is 4. The summed E-state index contributed by atoms with van der Waals surface area (Å²) in [6.07, 6.45) is 4.12. The second-order valence-corrected chi connectivity index (χ2v) is 9.02. The molecule has 0 fully saturated rings. The Labute approximate surface area is 225 Å². The second-order valence-electron chi connectivity index (χ2n) is 9.02. The molecule has 1 aromatic heterocycles. The highest BCUT2D eigenvalue weighted by Gasteiger charge is 2.14. The highest BCUT2D eigenvalue weighted by molar-refractivity contribution is 6.05. The fourth-order valence-corrected chi connectivity index (χ4v) is 4.49. The van der Waals surface area contributed by atoms with E-state index >= 15 is 0 Å². The van der Waals surface area contributed by atoms with Crippen LogP contribution >= 0.6 is 0 Å². The molecule has 1 amide bonds. The van der Waals surface area contributed by atoms with E-state index in [9.17, 15) is 14.9 Å². The van der Waals surface area contributed by atoms with Gasteiger partial charge in [0.2, 0.25) is 0 Å². The number of nitriles is 1. The Hall–Kier alpha value is -5.35. The molecule has 5 aromatic rings. The Morgan fingerprint density at radius 2 is 1.69 bits per heavy atom. The first-order valence-electron chi connectivity index (χ1n) is 12.5. The first-order valence-corrected chi connectivity index (χ1v) is 12.5. The zero-order valence-electron chi connectivity index (χ0n) is 21.0. The van der Waals surface area contributed by atoms with Crippen LogP contribution in [0, 0.1) is 11.3 Å². The van der Waals surface area contributed by atoms with Crippen molar-refractivity contribution in [2.24, 2.45) is 0 Å². The van der Waals surface area contributed by atoms with Crippen LogP contribution < -0.4 is 10.1 Å². The third kappa shape index (κ3) is 5.65. The molecular formula is C32H25N3O4. The van der Waals surface area contributed by atoms with Crippen molar-refractivity contribution in [1.82, 2.24) is 10.3 Å². The van der Waals surface area contributed by atoms with Crippen LogP contribution in [0.2, 0.25) is 0 Å². The van der Waals surface area contributed by atoms with Crippen molar-refractivity contribution in [3.05, 3.63) is 119 Å². The van der Waals surface area contributed by atoms with Crippen molar-refractivity contribution in [1.29, 1.82) is 5.26 Å². The average Bonchev–Trinajstić information content (AvgIpc) is 3.38. The summed E-state index contributed by atoms with van der Waals surface area (Å²) in [7, 11) is 0. The SMILES string of the molecule is N#C/C(=C\c1c(OCc2ccc(C(=O)O)cc2)ccc2ccccc12)C(=O)NCCc1c[nH]c2ccccc12. The lowest BCUT2D eigenvalue weighted by atomic mass is 10.0. The van der Waals surface area contributed by atoms with Crippen molar-refractivity contribution in [2.75, 3.05) is 6.54 Å². The minimum absolute atomic E-state index is 0.0269. The number of nitrogens with one attached hydrogen (secondary N) is 2. The van der Waals surface area contributed by atoms with Gasteiger partial charge in [-0.3, -0.25) is 4.79 Å². The van der Waals surface area contributed by atoms with E-state index in [1.54, 1.807) is 18.2 Å². The minimum atomic E-state index is -0.992. The van der Waals surface area contributed by atoms with Gasteiger partial charge in [0.05, 0.1) is 5.56 Å². The summed E-state index contributed by atoms with van der Waals surface area (Å²) >= 11 is 0. The Bertz CT molecular complexity index is 1740. The van der Waals surface area contributed by atoms with Crippen LogP contribution in [0.1, 0.15) is 27.0 Å². The van der Waals surface area contributed by atoms with Gasteiger partial charge >= 0.3 is 5.97 Å². The number of para-hydroxylation sites is 1. The highest BCUT2D eigenvalue weighted by atomic mass is 16.5. The Morgan fingerprint density at radius 3 is 2.46 bits per heavy atom. The zero-order chi connectivity index (χ0) is 27.2. The lowest BCUT2D eigenvalue weighted by molar-refractivity contribution is -0.117. The zero-order valence-corrected chi connectivity index (χ0v) is 21.0. The molecule has 1 heterocycles. The van der Waals surface area contributed by atoms with Crippen LogP contribution in [0.25, 0.3) is 27.8 Å². The molecule has 5 rings (SSSR count). The average molecular weight is 516 g/mol. The van der Waals surface area contributed by atoms with E-state index in [1.165, 1.54) is 12.1 Å². The number of aromatic nitrogens is 1. The van der Waals surface area contributed by atoms with Crippen LogP contribution in [0.3, 0.4) is 0 Å². The van der Waals surface area contributed by atoms with Gasteiger partial charge in [-0.25, -0.2) is 4.79 Å². The first-order chi connectivity index (χ1) is 19.0. The Kier molecular flexibility index (Phi) is 7.37. The van der Waals surface area contributed by atoms with Gasteiger partial charge in [0, 0.05) is 29.2 Å². The number of carboxylic acid groups (broad SMARTS) is 1.